The molecule has 0 atom stereocenters. The highest BCUT2D eigenvalue weighted by atomic mass is 16.5. The number of methoxy groups -OCH3 is 1. The second-order valence-electron chi connectivity index (χ2n) is 4.03. The van der Waals surface area contributed by atoms with E-state index in [9.17, 15) is 4.79 Å². The maximum atomic E-state index is 10.8. The van der Waals surface area contributed by atoms with Gasteiger partial charge in [0.2, 0.25) is 0 Å². The molecule has 0 amide bonds. The summed E-state index contributed by atoms with van der Waals surface area (Å²) in [7, 11) is 1.58. The molecule has 0 aliphatic heterocycles. The Morgan fingerprint density at radius 3 is 2.61 bits per heavy atom. The van der Waals surface area contributed by atoms with E-state index in [1.54, 1.807) is 14.0 Å². The molecule has 0 aromatic heterocycles. The van der Waals surface area contributed by atoms with Gasteiger partial charge in [-0.1, -0.05) is 30.3 Å². The van der Waals surface area contributed by atoms with Crippen molar-refractivity contribution in [1.29, 1.82) is 0 Å². The molecule has 0 spiro atoms. The molecule has 2 aromatic rings. The summed E-state index contributed by atoms with van der Waals surface area (Å²) in [5.41, 5.74) is 1.51. The van der Waals surface area contributed by atoms with Crippen molar-refractivity contribution >= 4 is 22.3 Å². The van der Waals surface area contributed by atoms with Gasteiger partial charge in [0, 0.05) is 11.6 Å². The van der Waals surface area contributed by atoms with Crippen LogP contribution in [0.3, 0.4) is 0 Å². The molecular weight excluding hydrogens is 228 g/mol. The smallest absolute Gasteiger partial charge is 0.328 e. The van der Waals surface area contributed by atoms with Crippen LogP contribution >= 0.6 is 0 Å². The Balaban J connectivity index is 2.76. The standard InChI is InChI=1S/C15H14O3/c1-10(9-14(16)17)15-12-6-4-3-5-11(12)7-8-13(15)18-2/h3-9H,1-2H3,(H,16,17)/b10-9+. The van der Waals surface area contributed by atoms with Gasteiger partial charge in [-0.2, -0.15) is 0 Å². The Kier molecular flexibility index (Phi) is 3.33. The minimum Gasteiger partial charge on any atom is -0.496 e. The van der Waals surface area contributed by atoms with E-state index < -0.39 is 5.97 Å². The number of hydrogen-bond donors (Lipinski definition) is 1. The molecule has 0 bridgehead atoms. The number of aliphatic carboxylic acids is 1. The van der Waals surface area contributed by atoms with E-state index in [0.29, 0.717) is 11.3 Å². The summed E-state index contributed by atoms with van der Waals surface area (Å²) in [6.45, 7) is 1.78. The van der Waals surface area contributed by atoms with E-state index >= 15 is 0 Å². The number of hydrogen-bond acceptors (Lipinski definition) is 2. The lowest BCUT2D eigenvalue weighted by Gasteiger charge is -2.12. The first-order valence-electron chi connectivity index (χ1n) is 5.61. The Labute approximate surface area is 105 Å². The average Bonchev–Trinajstić information content (AvgIpc) is 2.36. The number of carboxylic acids is 1. The second-order valence-corrected chi connectivity index (χ2v) is 4.03. The van der Waals surface area contributed by atoms with Crippen molar-refractivity contribution in [2.75, 3.05) is 7.11 Å². The number of allylic oxidation sites excluding steroid dienone is 1. The molecule has 0 aliphatic carbocycles. The van der Waals surface area contributed by atoms with Crippen LogP contribution in [0.1, 0.15) is 12.5 Å². The lowest BCUT2D eigenvalue weighted by Crippen LogP contribution is -1.95. The normalized spacial score (nSPS) is 11.6. The van der Waals surface area contributed by atoms with Crippen molar-refractivity contribution in [2.45, 2.75) is 6.92 Å². The van der Waals surface area contributed by atoms with Crippen LogP contribution in [-0.2, 0) is 4.79 Å². The zero-order chi connectivity index (χ0) is 13.1. The monoisotopic (exact) mass is 242 g/mol. The molecule has 18 heavy (non-hydrogen) atoms. The predicted molar refractivity (Wildman–Crippen MR) is 71.8 cm³/mol. The lowest BCUT2D eigenvalue weighted by molar-refractivity contribution is -0.131. The molecule has 0 radical (unpaired) electrons. The van der Waals surface area contributed by atoms with Gasteiger partial charge in [0.05, 0.1) is 7.11 Å². The van der Waals surface area contributed by atoms with Crippen LogP contribution in [-0.4, -0.2) is 18.2 Å². The highest BCUT2D eigenvalue weighted by Crippen LogP contribution is 2.33. The summed E-state index contributed by atoms with van der Waals surface area (Å²) in [5.74, 6) is -0.272. The van der Waals surface area contributed by atoms with E-state index in [4.69, 9.17) is 9.84 Å². The molecule has 2 aromatic carbocycles. The minimum absolute atomic E-state index is 0.677. The second kappa shape index (κ2) is 4.92. The van der Waals surface area contributed by atoms with Crippen LogP contribution < -0.4 is 4.74 Å². The van der Waals surface area contributed by atoms with Gasteiger partial charge in [0.1, 0.15) is 5.75 Å². The first-order chi connectivity index (χ1) is 8.63. The summed E-state index contributed by atoms with van der Waals surface area (Å²) in [6, 6.07) is 11.7. The first kappa shape index (κ1) is 12.2. The van der Waals surface area contributed by atoms with Crippen molar-refractivity contribution in [3.63, 3.8) is 0 Å². The molecule has 0 unspecified atom stereocenters. The third-order valence-electron chi connectivity index (χ3n) is 2.85. The number of benzene rings is 2. The molecule has 3 nitrogen and oxygen atoms in total. The van der Waals surface area contributed by atoms with Crippen LogP contribution in [0.15, 0.2) is 42.5 Å². The maximum Gasteiger partial charge on any atom is 0.328 e. The van der Waals surface area contributed by atoms with Gasteiger partial charge in [0.15, 0.2) is 0 Å². The average molecular weight is 242 g/mol. The molecule has 92 valence electrons. The van der Waals surface area contributed by atoms with E-state index in [1.165, 1.54) is 6.08 Å². The van der Waals surface area contributed by atoms with Gasteiger partial charge >= 0.3 is 5.97 Å². The molecule has 0 heterocycles. The van der Waals surface area contributed by atoms with E-state index in [1.807, 2.05) is 36.4 Å². The third kappa shape index (κ3) is 2.20. The zero-order valence-corrected chi connectivity index (χ0v) is 10.3. The Hall–Kier alpha value is -2.29. The number of ether oxygens (including phenoxy) is 1. The molecule has 0 aliphatic rings. The SMILES string of the molecule is COc1ccc2ccccc2c1/C(C)=C/C(=O)O. The predicted octanol–water partition coefficient (Wildman–Crippen LogP) is 3.34. The van der Waals surface area contributed by atoms with E-state index in [2.05, 4.69) is 0 Å². The summed E-state index contributed by atoms with van der Waals surface area (Å²) in [4.78, 5) is 10.8. The lowest BCUT2D eigenvalue weighted by atomic mass is 9.98. The Morgan fingerprint density at radius 1 is 1.22 bits per heavy atom. The van der Waals surface area contributed by atoms with Crippen LogP contribution in [0.25, 0.3) is 16.3 Å². The van der Waals surface area contributed by atoms with E-state index in [-0.39, 0.29) is 0 Å². The fraction of sp³-hybridized carbons (Fsp3) is 0.133. The summed E-state index contributed by atoms with van der Waals surface area (Å²) >= 11 is 0. The number of carbonyl (C=O) groups is 1. The third-order valence-corrected chi connectivity index (χ3v) is 2.85. The van der Waals surface area contributed by atoms with Crippen LogP contribution in [0, 0.1) is 0 Å². The summed E-state index contributed by atoms with van der Waals surface area (Å²) in [5, 5.41) is 10.9. The largest absolute Gasteiger partial charge is 0.496 e. The summed E-state index contributed by atoms with van der Waals surface area (Å²) in [6.07, 6.45) is 1.20. The van der Waals surface area contributed by atoms with Gasteiger partial charge in [-0.3, -0.25) is 0 Å². The molecule has 3 heteroatoms. The van der Waals surface area contributed by atoms with Gasteiger partial charge in [-0.25, -0.2) is 4.79 Å². The molecule has 2 rings (SSSR count). The Morgan fingerprint density at radius 2 is 1.94 bits per heavy atom. The van der Waals surface area contributed by atoms with Gasteiger partial charge in [-0.05, 0) is 29.3 Å². The molecule has 0 saturated carbocycles. The zero-order valence-electron chi connectivity index (χ0n) is 10.3. The van der Waals surface area contributed by atoms with Crippen molar-refractivity contribution in [2.24, 2.45) is 0 Å². The molecule has 0 fully saturated rings. The van der Waals surface area contributed by atoms with Gasteiger partial charge in [-0.15, -0.1) is 0 Å². The van der Waals surface area contributed by atoms with Gasteiger partial charge in [0.25, 0.3) is 0 Å². The quantitative estimate of drug-likeness (QED) is 0.840. The fourth-order valence-electron chi connectivity index (χ4n) is 2.09. The van der Waals surface area contributed by atoms with Crippen molar-refractivity contribution in [3.05, 3.63) is 48.0 Å². The highest BCUT2D eigenvalue weighted by molar-refractivity contribution is 6.00. The number of fused-ring (bicyclic) bond motifs is 1. The van der Waals surface area contributed by atoms with Crippen LogP contribution in [0.2, 0.25) is 0 Å². The van der Waals surface area contributed by atoms with Crippen molar-refractivity contribution < 1.29 is 14.6 Å². The van der Waals surface area contributed by atoms with Gasteiger partial charge < -0.3 is 9.84 Å². The Bertz CT molecular complexity index is 627. The molecular formula is C15H14O3. The van der Waals surface area contributed by atoms with Crippen molar-refractivity contribution in [1.82, 2.24) is 0 Å². The van der Waals surface area contributed by atoms with E-state index in [0.717, 1.165) is 16.3 Å². The first-order valence-corrected chi connectivity index (χ1v) is 5.61. The van der Waals surface area contributed by atoms with Crippen LogP contribution in [0.5, 0.6) is 5.75 Å². The molecule has 1 N–H and O–H groups in total. The fourth-order valence-corrected chi connectivity index (χ4v) is 2.09. The molecule has 0 saturated heterocycles. The van der Waals surface area contributed by atoms with Crippen LogP contribution in [0.4, 0.5) is 0 Å². The number of rotatable bonds is 3. The number of carboxylic acid groups (broad SMARTS) is 1. The highest BCUT2D eigenvalue weighted by Gasteiger charge is 2.10. The summed E-state index contributed by atoms with van der Waals surface area (Å²) < 4.78 is 5.32. The topological polar surface area (TPSA) is 46.5 Å². The van der Waals surface area contributed by atoms with Crippen molar-refractivity contribution in [3.8, 4) is 5.75 Å². The minimum atomic E-state index is -0.956. The maximum absolute atomic E-state index is 10.8.